The summed E-state index contributed by atoms with van der Waals surface area (Å²) in [5, 5.41) is 0. The summed E-state index contributed by atoms with van der Waals surface area (Å²) >= 11 is 0. The average molecular weight is 322 g/mol. The van der Waals surface area contributed by atoms with Gasteiger partial charge in [-0.05, 0) is 43.0 Å². The minimum absolute atomic E-state index is 0.120. The van der Waals surface area contributed by atoms with Gasteiger partial charge in [0.15, 0.2) is 0 Å². The van der Waals surface area contributed by atoms with Crippen LogP contribution in [-0.2, 0) is 9.84 Å². The van der Waals surface area contributed by atoms with Crippen LogP contribution in [0.4, 0.5) is 18.9 Å². The summed E-state index contributed by atoms with van der Waals surface area (Å²) in [5.74, 6) is 0.499. The van der Waals surface area contributed by atoms with Gasteiger partial charge in [-0.15, -0.1) is 0 Å². The highest BCUT2D eigenvalue weighted by Gasteiger charge is 2.46. The third kappa shape index (κ3) is 3.16. The second-order valence-electron chi connectivity index (χ2n) is 5.19. The SMILES string of the molecule is CN(c1ccc(S(=O)(=O)C(F)(F)F)cc1)C(CN)C1CC1. The normalized spacial score (nSPS) is 17.6. The molecule has 1 aromatic carbocycles. The van der Waals surface area contributed by atoms with E-state index in [2.05, 4.69) is 0 Å². The summed E-state index contributed by atoms with van der Waals surface area (Å²) in [6.45, 7) is 0.448. The Morgan fingerprint density at radius 3 is 2.19 bits per heavy atom. The summed E-state index contributed by atoms with van der Waals surface area (Å²) in [5.41, 5.74) is 1.09. The number of sulfone groups is 1. The molecular formula is C13H17F3N2O2S. The summed E-state index contributed by atoms with van der Waals surface area (Å²) in [7, 11) is -3.48. The van der Waals surface area contributed by atoms with Crippen LogP contribution >= 0.6 is 0 Å². The largest absolute Gasteiger partial charge is 0.501 e. The van der Waals surface area contributed by atoms with Crippen molar-refractivity contribution in [1.82, 2.24) is 0 Å². The van der Waals surface area contributed by atoms with Crippen LogP contribution < -0.4 is 10.6 Å². The predicted octanol–water partition coefficient (Wildman–Crippen LogP) is 2.15. The molecule has 1 aliphatic rings. The van der Waals surface area contributed by atoms with Crippen molar-refractivity contribution in [1.29, 1.82) is 0 Å². The molecular weight excluding hydrogens is 305 g/mol. The minimum Gasteiger partial charge on any atom is -0.370 e. The zero-order valence-corrected chi connectivity index (χ0v) is 12.3. The molecule has 0 saturated heterocycles. The van der Waals surface area contributed by atoms with E-state index in [4.69, 9.17) is 5.73 Å². The van der Waals surface area contributed by atoms with Gasteiger partial charge in [0.25, 0.3) is 9.84 Å². The molecule has 1 saturated carbocycles. The molecule has 1 unspecified atom stereocenters. The van der Waals surface area contributed by atoms with Gasteiger partial charge in [-0.3, -0.25) is 0 Å². The Bertz CT molecular complexity index is 595. The summed E-state index contributed by atoms with van der Waals surface area (Å²) in [6.07, 6.45) is 2.18. The number of halogens is 3. The van der Waals surface area contributed by atoms with Gasteiger partial charge in [0.1, 0.15) is 0 Å². The van der Waals surface area contributed by atoms with Crippen molar-refractivity contribution in [2.24, 2.45) is 11.7 Å². The Kier molecular flexibility index (Phi) is 4.21. The standard InChI is InChI=1S/C13H17F3N2O2S/c1-18(12(8-17)9-2-3-9)10-4-6-11(7-5-10)21(19,20)13(14,15)16/h4-7,9,12H,2-3,8,17H2,1H3. The van der Waals surface area contributed by atoms with Gasteiger partial charge in [0.05, 0.1) is 4.90 Å². The van der Waals surface area contributed by atoms with Crippen molar-refractivity contribution in [2.75, 3.05) is 18.5 Å². The number of benzene rings is 1. The van der Waals surface area contributed by atoms with E-state index in [0.29, 0.717) is 18.2 Å². The van der Waals surface area contributed by atoms with Gasteiger partial charge in [0, 0.05) is 25.3 Å². The number of nitrogens with zero attached hydrogens (tertiary/aromatic N) is 1. The molecule has 0 aliphatic heterocycles. The van der Waals surface area contributed by atoms with Crippen molar-refractivity contribution in [3.05, 3.63) is 24.3 Å². The Balaban J connectivity index is 2.23. The maximum Gasteiger partial charge on any atom is 0.501 e. The van der Waals surface area contributed by atoms with Crippen LogP contribution in [0.2, 0.25) is 0 Å². The van der Waals surface area contributed by atoms with Crippen molar-refractivity contribution in [3.63, 3.8) is 0 Å². The van der Waals surface area contributed by atoms with Gasteiger partial charge >= 0.3 is 5.51 Å². The predicted molar refractivity (Wildman–Crippen MR) is 73.7 cm³/mol. The lowest BCUT2D eigenvalue weighted by molar-refractivity contribution is -0.0436. The molecule has 0 radical (unpaired) electrons. The van der Waals surface area contributed by atoms with E-state index >= 15 is 0 Å². The molecule has 0 spiro atoms. The van der Waals surface area contributed by atoms with E-state index in [1.807, 2.05) is 11.9 Å². The first kappa shape index (κ1) is 16.1. The minimum atomic E-state index is -5.29. The van der Waals surface area contributed by atoms with E-state index < -0.39 is 20.2 Å². The van der Waals surface area contributed by atoms with Crippen LogP contribution in [0.15, 0.2) is 29.2 Å². The number of hydrogen-bond acceptors (Lipinski definition) is 4. The number of likely N-dealkylation sites (N-methyl/N-ethyl adjacent to an activating group) is 1. The second-order valence-corrected chi connectivity index (χ2v) is 7.14. The fourth-order valence-corrected chi connectivity index (χ4v) is 3.09. The molecule has 0 heterocycles. The lowest BCUT2D eigenvalue weighted by Gasteiger charge is -2.29. The van der Waals surface area contributed by atoms with Crippen molar-refractivity contribution < 1.29 is 21.6 Å². The van der Waals surface area contributed by atoms with Gasteiger partial charge in [-0.2, -0.15) is 13.2 Å². The third-order valence-electron chi connectivity index (χ3n) is 3.76. The molecule has 2 N–H and O–H groups in total. The number of rotatable bonds is 5. The fourth-order valence-electron chi connectivity index (χ4n) is 2.33. The van der Waals surface area contributed by atoms with Gasteiger partial charge < -0.3 is 10.6 Å². The van der Waals surface area contributed by atoms with E-state index in [0.717, 1.165) is 25.0 Å². The first-order chi connectivity index (χ1) is 9.68. The molecule has 1 aliphatic carbocycles. The third-order valence-corrected chi connectivity index (χ3v) is 5.27. The molecule has 1 atom stereocenters. The van der Waals surface area contributed by atoms with E-state index in [-0.39, 0.29) is 6.04 Å². The first-order valence-corrected chi connectivity index (χ1v) is 8.01. The van der Waals surface area contributed by atoms with Crippen LogP contribution in [-0.4, -0.2) is 33.6 Å². The second kappa shape index (κ2) is 5.49. The van der Waals surface area contributed by atoms with Gasteiger partial charge in [-0.1, -0.05) is 0 Å². The molecule has 2 rings (SSSR count). The van der Waals surface area contributed by atoms with Crippen molar-refractivity contribution >= 4 is 15.5 Å². The van der Waals surface area contributed by atoms with Gasteiger partial charge in [-0.25, -0.2) is 8.42 Å². The summed E-state index contributed by atoms with van der Waals surface area (Å²) in [4.78, 5) is 1.14. The molecule has 8 heteroatoms. The topological polar surface area (TPSA) is 63.4 Å². The molecule has 0 bridgehead atoms. The lowest BCUT2D eigenvalue weighted by atomic mass is 10.1. The zero-order chi connectivity index (χ0) is 15.8. The molecule has 118 valence electrons. The average Bonchev–Trinajstić information content (AvgIpc) is 3.23. The highest BCUT2D eigenvalue weighted by molar-refractivity contribution is 7.92. The van der Waals surface area contributed by atoms with Crippen molar-refractivity contribution in [2.45, 2.75) is 29.3 Å². The monoisotopic (exact) mass is 322 g/mol. The molecule has 0 amide bonds. The van der Waals surface area contributed by atoms with Crippen LogP contribution in [0.25, 0.3) is 0 Å². The van der Waals surface area contributed by atoms with E-state index in [1.54, 1.807) is 0 Å². The molecule has 21 heavy (non-hydrogen) atoms. The summed E-state index contributed by atoms with van der Waals surface area (Å²) in [6, 6.07) is 4.84. The molecule has 1 fully saturated rings. The Morgan fingerprint density at radius 1 is 1.29 bits per heavy atom. The first-order valence-electron chi connectivity index (χ1n) is 6.53. The number of hydrogen-bond donors (Lipinski definition) is 1. The van der Waals surface area contributed by atoms with Crippen LogP contribution in [0.1, 0.15) is 12.8 Å². The van der Waals surface area contributed by atoms with Crippen LogP contribution in [0, 0.1) is 5.92 Å². The lowest BCUT2D eigenvalue weighted by Crippen LogP contribution is -2.39. The Morgan fingerprint density at radius 2 is 1.81 bits per heavy atom. The van der Waals surface area contributed by atoms with E-state index in [9.17, 15) is 21.6 Å². The quantitative estimate of drug-likeness (QED) is 0.902. The Hall–Kier alpha value is -1.28. The summed E-state index contributed by atoms with van der Waals surface area (Å²) < 4.78 is 59.9. The van der Waals surface area contributed by atoms with E-state index in [1.165, 1.54) is 12.1 Å². The highest BCUT2D eigenvalue weighted by atomic mass is 32.2. The van der Waals surface area contributed by atoms with Crippen LogP contribution in [0.5, 0.6) is 0 Å². The maximum absolute atomic E-state index is 12.5. The van der Waals surface area contributed by atoms with Crippen molar-refractivity contribution in [3.8, 4) is 0 Å². The number of anilines is 1. The molecule has 0 aromatic heterocycles. The highest BCUT2D eigenvalue weighted by Crippen LogP contribution is 2.36. The Labute approximate surface area is 121 Å². The fraction of sp³-hybridized carbons (Fsp3) is 0.538. The molecule has 4 nitrogen and oxygen atoms in total. The maximum atomic E-state index is 12.5. The molecule has 1 aromatic rings. The number of nitrogens with two attached hydrogens (primary N) is 1. The zero-order valence-electron chi connectivity index (χ0n) is 11.5. The van der Waals surface area contributed by atoms with Gasteiger partial charge in [0.2, 0.25) is 0 Å². The van der Waals surface area contributed by atoms with Crippen LogP contribution in [0.3, 0.4) is 0 Å². The smallest absolute Gasteiger partial charge is 0.370 e. The number of alkyl halides is 3.